The van der Waals surface area contributed by atoms with Crippen LogP contribution in [0.1, 0.15) is 24.4 Å². The molecule has 184 valence electrons. The molecule has 0 aliphatic heterocycles. The number of aromatic nitrogens is 4. The fourth-order valence-electron chi connectivity index (χ4n) is 4.41. The van der Waals surface area contributed by atoms with Gasteiger partial charge in [0.05, 0.1) is 16.4 Å². The molecular formula is C27H23N7O3. The number of fused-ring (bicyclic) bond motifs is 1. The van der Waals surface area contributed by atoms with E-state index in [2.05, 4.69) is 20.3 Å². The van der Waals surface area contributed by atoms with Gasteiger partial charge >= 0.3 is 5.69 Å². The molecule has 10 heteroatoms. The van der Waals surface area contributed by atoms with Gasteiger partial charge in [-0.2, -0.15) is 4.98 Å². The zero-order valence-corrected chi connectivity index (χ0v) is 20.1. The largest absolute Gasteiger partial charge is 0.368 e. The Morgan fingerprint density at radius 1 is 1.05 bits per heavy atom. The number of hydrogen-bond donors (Lipinski definition) is 2. The van der Waals surface area contributed by atoms with Crippen molar-refractivity contribution in [2.24, 2.45) is 0 Å². The predicted octanol–water partition coefficient (Wildman–Crippen LogP) is 4.81. The number of nitro groups is 1. The number of anilines is 2. The molecule has 0 fully saturated rings. The zero-order valence-electron chi connectivity index (χ0n) is 20.1. The molecule has 1 atom stereocenters. The van der Waals surface area contributed by atoms with Gasteiger partial charge in [0, 0.05) is 23.3 Å². The average Bonchev–Trinajstić information content (AvgIpc) is 2.88. The van der Waals surface area contributed by atoms with Gasteiger partial charge in [-0.15, -0.1) is 0 Å². The second-order valence-electron chi connectivity index (χ2n) is 8.59. The fraction of sp³-hybridized carbons (Fsp3) is 0.111. The van der Waals surface area contributed by atoms with Crippen molar-refractivity contribution in [2.45, 2.75) is 19.9 Å². The van der Waals surface area contributed by atoms with Gasteiger partial charge in [-0.05, 0) is 60.7 Å². The Labute approximate surface area is 211 Å². The average molecular weight is 494 g/mol. The van der Waals surface area contributed by atoms with Gasteiger partial charge in [-0.1, -0.05) is 36.4 Å². The summed E-state index contributed by atoms with van der Waals surface area (Å²) in [5.41, 5.74) is 8.96. The number of benzene rings is 2. The highest BCUT2D eigenvalue weighted by atomic mass is 16.6. The van der Waals surface area contributed by atoms with Crippen molar-refractivity contribution in [3.63, 3.8) is 0 Å². The molecule has 10 nitrogen and oxygen atoms in total. The van der Waals surface area contributed by atoms with Crippen molar-refractivity contribution < 1.29 is 4.92 Å². The van der Waals surface area contributed by atoms with Crippen LogP contribution in [0, 0.1) is 17.0 Å². The summed E-state index contributed by atoms with van der Waals surface area (Å²) >= 11 is 0. The topological polar surface area (TPSA) is 142 Å². The standard InChI is InChI=1S/C27H23N7O3/c1-16-13-18(11-12-29-16)21-10-6-7-19-14-22(33(26(35)24(19)21)20-8-4-3-5-9-20)17(2)31-25-23(34(36)37)15-30-27(28)32-25/h3-15,17H,1-2H3,(H3,28,30,31,32)/t17-/m0/s1. The van der Waals surface area contributed by atoms with Crippen LogP contribution in [0.2, 0.25) is 0 Å². The molecule has 0 aliphatic rings. The first-order chi connectivity index (χ1) is 17.8. The van der Waals surface area contributed by atoms with E-state index in [4.69, 9.17) is 5.73 Å². The third-order valence-electron chi connectivity index (χ3n) is 6.08. The van der Waals surface area contributed by atoms with Crippen LogP contribution < -0.4 is 16.6 Å². The SMILES string of the molecule is Cc1cc(-c2cccc3cc([C@H](C)Nc4nc(N)ncc4[N+](=O)[O-])n(-c4ccccc4)c(=O)c23)ccn1. The number of nitrogens with zero attached hydrogens (tertiary/aromatic N) is 5. The first-order valence-corrected chi connectivity index (χ1v) is 11.5. The minimum Gasteiger partial charge on any atom is -0.368 e. The molecule has 0 bridgehead atoms. The number of nitrogens with two attached hydrogens (primary N) is 1. The first-order valence-electron chi connectivity index (χ1n) is 11.5. The van der Waals surface area contributed by atoms with E-state index >= 15 is 0 Å². The molecule has 0 saturated heterocycles. The number of nitrogens with one attached hydrogen (secondary N) is 1. The summed E-state index contributed by atoms with van der Waals surface area (Å²) in [7, 11) is 0. The molecule has 0 radical (unpaired) electrons. The molecule has 0 saturated carbocycles. The van der Waals surface area contributed by atoms with E-state index in [-0.39, 0.29) is 23.0 Å². The lowest BCUT2D eigenvalue weighted by atomic mass is 9.98. The van der Waals surface area contributed by atoms with Gasteiger partial charge in [-0.3, -0.25) is 24.5 Å². The molecule has 0 aliphatic carbocycles. The summed E-state index contributed by atoms with van der Waals surface area (Å²) in [4.78, 5) is 37.2. The van der Waals surface area contributed by atoms with Crippen molar-refractivity contribution in [2.75, 3.05) is 11.1 Å². The fourth-order valence-corrected chi connectivity index (χ4v) is 4.41. The molecule has 3 N–H and O–H groups in total. The van der Waals surface area contributed by atoms with Gasteiger partial charge < -0.3 is 11.1 Å². The minimum absolute atomic E-state index is 0.0295. The van der Waals surface area contributed by atoms with Crippen molar-refractivity contribution in [1.29, 1.82) is 0 Å². The zero-order chi connectivity index (χ0) is 26.1. The van der Waals surface area contributed by atoms with Crippen molar-refractivity contribution in [3.8, 4) is 16.8 Å². The number of hydrogen-bond acceptors (Lipinski definition) is 8. The molecule has 2 aromatic carbocycles. The second kappa shape index (κ2) is 9.50. The van der Waals surface area contributed by atoms with Crippen molar-refractivity contribution in [1.82, 2.24) is 19.5 Å². The molecule has 3 aromatic heterocycles. The predicted molar refractivity (Wildman–Crippen MR) is 143 cm³/mol. The van der Waals surface area contributed by atoms with E-state index in [1.54, 1.807) is 17.7 Å². The maximum atomic E-state index is 14.2. The quantitative estimate of drug-likeness (QED) is 0.253. The van der Waals surface area contributed by atoms with Crippen LogP contribution in [0.25, 0.3) is 27.6 Å². The summed E-state index contributed by atoms with van der Waals surface area (Å²) in [5, 5.41) is 15.9. The summed E-state index contributed by atoms with van der Waals surface area (Å²) < 4.78 is 1.62. The lowest BCUT2D eigenvalue weighted by Crippen LogP contribution is -2.26. The second-order valence-corrected chi connectivity index (χ2v) is 8.59. The normalized spacial score (nSPS) is 11.8. The molecule has 0 unspecified atom stereocenters. The van der Waals surface area contributed by atoms with E-state index in [1.807, 2.05) is 73.7 Å². The van der Waals surface area contributed by atoms with E-state index < -0.39 is 11.0 Å². The summed E-state index contributed by atoms with van der Waals surface area (Å²) in [6.45, 7) is 3.71. The van der Waals surface area contributed by atoms with E-state index in [9.17, 15) is 14.9 Å². The van der Waals surface area contributed by atoms with Crippen LogP contribution in [0.3, 0.4) is 0 Å². The maximum Gasteiger partial charge on any atom is 0.329 e. The first kappa shape index (κ1) is 23.6. The van der Waals surface area contributed by atoms with Gasteiger partial charge in [0.1, 0.15) is 6.20 Å². The Morgan fingerprint density at radius 3 is 2.57 bits per heavy atom. The Bertz CT molecular complexity index is 1700. The van der Waals surface area contributed by atoms with Crippen LogP contribution in [0.5, 0.6) is 0 Å². The van der Waals surface area contributed by atoms with Gasteiger partial charge in [0.15, 0.2) is 0 Å². The Morgan fingerprint density at radius 2 is 1.84 bits per heavy atom. The molecule has 5 aromatic rings. The van der Waals surface area contributed by atoms with E-state index in [1.165, 1.54) is 0 Å². The van der Waals surface area contributed by atoms with E-state index in [0.29, 0.717) is 16.8 Å². The highest BCUT2D eigenvalue weighted by molar-refractivity contribution is 5.96. The summed E-state index contributed by atoms with van der Waals surface area (Å²) in [5.74, 6) is -0.130. The van der Waals surface area contributed by atoms with Crippen LogP contribution in [-0.2, 0) is 0 Å². The van der Waals surface area contributed by atoms with Gasteiger partial charge in [0.2, 0.25) is 11.8 Å². The summed E-state index contributed by atoms with van der Waals surface area (Å²) in [6.07, 6.45) is 2.78. The van der Waals surface area contributed by atoms with Crippen LogP contribution >= 0.6 is 0 Å². The Hall–Kier alpha value is -5.12. The lowest BCUT2D eigenvalue weighted by molar-refractivity contribution is -0.384. The van der Waals surface area contributed by atoms with E-state index in [0.717, 1.165) is 28.4 Å². The Kier molecular flexibility index (Phi) is 6.06. The highest BCUT2D eigenvalue weighted by Crippen LogP contribution is 2.31. The van der Waals surface area contributed by atoms with Crippen LogP contribution in [-0.4, -0.2) is 24.4 Å². The lowest BCUT2D eigenvalue weighted by Gasteiger charge is -2.22. The van der Waals surface area contributed by atoms with Gasteiger partial charge in [-0.25, -0.2) is 4.98 Å². The highest BCUT2D eigenvalue weighted by Gasteiger charge is 2.23. The molecule has 0 amide bonds. The number of aryl methyl sites for hydroxylation is 1. The number of para-hydroxylation sites is 1. The third-order valence-corrected chi connectivity index (χ3v) is 6.08. The molecule has 37 heavy (non-hydrogen) atoms. The minimum atomic E-state index is -0.581. The maximum absolute atomic E-state index is 14.2. The van der Waals surface area contributed by atoms with Crippen molar-refractivity contribution >= 4 is 28.2 Å². The number of rotatable bonds is 6. The molecule has 5 rings (SSSR count). The van der Waals surface area contributed by atoms with Gasteiger partial charge in [0.25, 0.3) is 5.56 Å². The number of pyridine rings is 2. The third kappa shape index (κ3) is 4.47. The summed E-state index contributed by atoms with van der Waals surface area (Å²) in [6, 6.07) is 20.1. The number of nitrogen functional groups attached to an aromatic ring is 1. The molecule has 0 spiro atoms. The Balaban J connectivity index is 1.74. The smallest absolute Gasteiger partial charge is 0.329 e. The molecular weight excluding hydrogens is 470 g/mol. The van der Waals surface area contributed by atoms with Crippen LogP contribution in [0.15, 0.2) is 83.9 Å². The van der Waals surface area contributed by atoms with Crippen molar-refractivity contribution in [3.05, 3.63) is 111 Å². The monoisotopic (exact) mass is 493 g/mol. The van der Waals surface area contributed by atoms with Crippen LogP contribution in [0.4, 0.5) is 17.5 Å². The molecule has 3 heterocycles.